The van der Waals surface area contributed by atoms with Crippen LogP contribution in [0.4, 0.5) is 0 Å². The topological polar surface area (TPSA) is 80.9 Å². The minimum Gasteiger partial charge on any atom is -0.508 e. The molecule has 10 atom stereocenters. The van der Waals surface area contributed by atoms with Crippen molar-refractivity contribution in [3.8, 4) is 29.4 Å². The summed E-state index contributed by atoms with van der Waals surface area (Å²) in [5, 5.41) is 41.7. The quantitative estimate of drug-likeness (QED) is 0.189. The molecule has 4 heteroatoms. The van der Waals surface area contributed by atoms with Crippen LogP contribution in [0.3, 0.4) is 0 Å². The molecule has 4 nitrogen and oxygen atoms in total. The van der Waals surface area contributed by atoms with Crippen LogP contribution in [-0.4, -0.2) is 38.2 Å². The van der Waals surface area contributed by atoms with Crippen LogP contribution in [0.25, 0.3) is 0 Å². The molecule has 0 radical (unpaired) electrons. The van der Waals surface area contributed by atoms with Gasteiger partial charge in [0.1, 0.15) is 17.0 Å². The van der Waals surface area contributed by atoms with Crippen molar-refractivity contribution in [1.82, 2.24) is 0 Å². The number of phenols is 1. The monoisotopic (exact) mass is 704 g/mol. The van der Waals surface area contributed by atoms with Gasteiger partial charge in [0.25, 0.3) is 0 Å². The van der Waals surface area contributed by atoms with E-state index in [0.717, 1.165) is 70.6 Å². The number of unbranched alkanes of at least 4 members (excludes halogenated alkanes) is 3. The number of fused-ring (bicyclic) bond motifs is 10. The summed E-state index contributed by atoms with van der Waals surface area (Å²) in [7, 11) is 0. The zero-order valence-electron chi connectivity index (χ0n) is 32.4. The second kappa shape index (κ2) is 14.8. The predicted molar refractivity (Wildman–Crippen MR) is 210 cm³/mol. The van der Waals surface area contributed by atoms with Crippen LogP contribution >= 0.6 is 0 Å². The Morgan fingerprint density at radius 2 is 1.19 bits per heavy atom. The van der Waals surface area contributed by atoms with E-state index in [-0.39, 0.29) is 17.4 Å². The molecule has 8 rings (SSSR count). The highest BCUT2D eigenvalue weighted by molar-refractivity contribution is 5.41. The van der Waals surface area contributed by atoms with Gasteiger partial charge in [-0.3, -0.25) is 0 Å². The van der Waals surface area contributed by atoms with Gasteiger partial charge >= 0.3 is 0 Å². The fraction of sp³-hybridized carbons (Fsp3) is 0.667. The van der Waals surface area contributed by atoms with Crippen LogP contribution in [0.1, 0.15) is 157 Å². The van der Waals surface area contributed by atoms with E-state index in [1.165, 1.54) is 42.4 Å². The third-order valence-electron chi connectivity index (χ3n) is 15.6. The summed E-state index contributed by atoms with van der Waals surface area (Å²) in [6.07, 6.45) is 17.5. The molecular formula is C48H64O4. The van der Waals surface area contributed by atoms with E-state index in [4.69, 9.17) is 5.11 Å². The first-order chi connectivity index (χ1) is 25.0. The van der Waals surface area contributed by atoms with Crippen molar-refractivity contribution in [2.75, 3.05) is 6.61 Å². The van der Waals surface area contributed by atoms with E-state index in [1.807, 2.05) is 12.1 Å². The first kappa shape index (κ1) is 37.6. The van der Waals surface area contributed by atoms with Gasteiger partial charge in [0.15, 0.2) is 0 Å². The number of aliphatic hydroxyl groups excluding tert-OH is 1. The molecule has 52 heavy (non-hydrogen) atoms. The van der Waals surface area contributed by atoms with Gasteiger partial charge in [-0.25, -0.2) is 0 Å². The first-order valence-electron chi connectivity index (χ1n) is 20.9. The van der Waals surface area contributed by atoms with Crippen molar-refractivity contribution in [1.29, 1.82) is 0 Å². The fourth-order valence-corrected chi connectivity index (χ4v) is 12.6. The maximum absolute atomic E-state index is 11.5. The Kier molecular flexibility index (Phi) is 10.7. The third kappa shape index (κ3) is 6.44. The Bertz CT molecular complexity index is 1610. The highest BCUT2D eigenvalue weighted by Crippen LogP contribution is 2.65. The first-order valence-corrected chi connectivity index (χ1v) is 20.9. The molecule has 4 saturated carbocycles. The lowest BCUT2D eigenvalue weighted by Crippen LogP contribution is -2.50. The average Bonchev–Trinajstić information content (AvgIpc) is 3.56. The molecule has 0 spiro atoms. The maximum atomic E-state index is 11.5. The molecule has 0 heterocycles. The van der Waals surface area contributed by atoms with Crippen molar-refractivity contribution >= 4 is 0 Å². The molecule has 0 bridgehead atoms. The van der Waals surface area contributed by atoms with Gasteiger partial charge < -0.3 is 20.4 Å². The molecule has 0 unspecified atom stereocenters. The van der Waals surface area contributed by atoms with Crippen molar-refractivity contribution in [2.24, 2.45) is 34.5 Å². The molecule has 0 aliphatic heterocycles. The predicted octanol–water partition coefficient (Wildman–Crippen LogP) is 9.53. The number of hydrogen-bond acceptors (Lipinski definition) is 4. The summed E-state index contributed by atoms with van der Waals surface area (Å²) in [6.45, 7) is 9.16. The van der Waals surface area contributed by atoms with E-state index >= 15 is 0 Å². The largest absolute Gasteiger partial charge is 0.508 e. The molecule has 6 aliphatic rings. The SMILES string of the molecule is CCCCC#C[C@]1(O)CC[C@H]2[C@@H]3CCc4cc(O)ccc4[C@H]3CC[C@@]21C.Cc1ccc2c(c1)CC[C@@H]1[C@@H]2CC[C@@]2(C)[C@H]1CC[C@@]2(O)C#CCCCO. The van der Waals surface area contributed by atoms with Crippen LogP contribution < -0.4 is 0 Å². The van der Waals surface area contributed by atoms with Crippen LogP contribution in [-0.2, 0) is 12.8 Å². The fourth-order valence-electron chi connectivity index (χ4n) is 12.6. The molecule has 2 aromatic carbocycles. The number of hydrogen-bond donors (Lipinski definition) is 4. The van der Waals surface area contributed by atoms with Gasteiger partial charge in [-0.05, 0) is 167 Å². The van der Waals surface area contributed by atoms with E-state index in [2.05, 4.69) is 75.6 Å². The summed E-state index contributed by atoms with van der Waals surface area (Å²) in [6, 6.07) is 13.0. The van der Waals surface area contributed by atoms with Crippen molar-refractivity contribution in [3.05, 3.63) is 64.2 Å². The minimum absolute atomic E-state index is 0.0677. The number of aromatic hydroxyl groups is 1. The van der Waals surface area contributed by atoms with Gasteiger partial charge in [0.05, 0.1) is 0 Å². The molecule has 2 aromatic rings. The molecule has 0 amide bonds. The lowest BCUT2D eigenvalue weighted by Gasteiger charge is -2.52. The van der Waals surface area contributed by atoms with Gasteiger partial charge in [0.2, 0.25) is 0 Å². The van der Waals surface area contributed by atoms with Gasteiger partial charge in [-0.2, -0.15) is 0 Å². The standard InChI is InChI=1S/2C24H32O2/c1-17-6-8-19-18(16-17)7-9-21-20(19)10-13-23(2)22(21)11-14-24(23,26)12-4-3-5-15-25;1-3-4-5-6-13-24(26)15-12-22-21-9-7-17-16-18(25)8-10-19(17)20(21)11-14-23(22,24)2/h6,8,16,20-22,25-26H,3,5,7,9-11,13-15H2,1-2H3;8,10,16,20-22,25-26H,3-5,7,9,11-12,14-15H2,1-2H3/t2*20-,21-,22+,23+,24+/m11/s1. The third-order valence-corrected chi connectivity index (χ3v) is 15.6. The molecular weight excluding hydrogens is 641 g/mol. The van der Waals surface area contributed by atoms with Crippen LogP contribution in [0, 0.1) is 65.1 Å². The maximum Gasteiger partial charge on any atom is 0.131 e. The summed E-state index contributed by atoms with van der Waals surface area (Å²) in [5.41, 5.74) is 5.51. The summed E-state index contributed by atoms with van der Waals surface area (Å²) in [5.74, 6) is 17.2. The van der Waals surface area contributed by atoms with Gasteiger partial charge in [-0.1, -0.05) is 68.9 Å². The van der Waals surface area contributed by atoms with Crippen LogP contribution in [0.15, 0.2) is 36.4 Å². The highest BCUT2D eigenvalue weighted by atomic mass is 16.3. The zero-order valence-corrected chi connectivity index (χ0v) is 32.4. The molecule has 4 N–H and O–H groups in total. The molecule has 0 aromatic heterocycles. The molecule has 0 saturated heterocycles. The van der Waals surface area contributed by atoms with Gasteiger partial charge in [0, 0.05) is 30.3 Å². The van der Waals surface area contributed by atoms with Gasteiger partial charge in [-0.15, -0.1) is 11.8 Å². The molecule has 4 fully saturated rings. The van der Waals surface area contributed by atoms with Crippen LogP contribution in [0.2, 0.25) is 0 Å². The number of rotatable bonds is 4. The lowest BCUT2D eigenvalue weighted by atomic mass is 9.53. The second-order valence-corrected chi connectivity index (χ2v) is 18.2. The number of benzene rings is 2. The van der Waals surface area contributed by atoms with E-state index in [1.54, 1.807) is 11.1 Å². The Hall–Kier alpha value is -2.76. The smallest absolute Gasteiger partial charge is 0.131 e. The molecule has 280 valence electrons. The van der Waals surface area contributed by atoms with Crippen LogP contribution in [0.5, 0.6) is 5.75 Å². The normalized spacial score (nSPS) is 37.9. The van der Waals surface area contributed by atoms with Crippen molar-refractivity contribution in [3.63, 3.8) is 0 Å². The lowest BCUT2D eigenvalue weighted by molar-refractivity contribution is -0.0649. The van der Waals surface area contributed by atoms with E-state index in [0.29, 0.717) is 54.1 Å². The van der Waals surface area contributed by atoms with E-state index < -0.39 is 11.2 Å². The van der Waals surface area contributed by atoms with Crippen molar-refractivity contribution < 1.29 is 20.4 Å². The summed E-state index contributed by atoms with van der Waals surface area (Å²) < 4.78 is 0. The minimum atomic E-state index is -0.842. The Balaban J connectivity index is 0.000000162. The van der Waals surface area contributed by atoms with Crippen molar-refractivity contribution in [2.45, 2.75) is 160 Å². The average molecular weight is 705 g/mol. The summed E-state index contributed by atoms with van der Waals surface area (Å²) >= 11 is 0. The summed E-state index contributed by atoms with van der Waals surface area (Å²) in [4.78, 5) is 0. The zero-order chi connectivity index (χ0) is 36.7. The van der Waals surface area contributed by atoms with E-state index in [9.17, 15) is 15.3 Å². The number of phenolic OH excluding ortho intramolecular Hbond substituents is 1. The second-order valence-electron chi connectivity index (χ2n) is 18.2. The highest BCUT2D eigenvalue weighted by Gasteiger charge is 2.62. The molecule has 6 aliphatic carbocycles. The Morgan fingerprint density at radius 1 is 0.673 bits per heavy atom. The Labute approximate surface area is 314 Å². The number of aryl methyl sites for hydroxylation is 3. The Morgan fingerprint density at radius 3 is 1.73 bits per heavy atom. The number of aliphatic hydroxyl groups is 3.